The van der Waals surface area contributed by atoms with E-state index in [-0.39, 0.29) is 11.7 Å². The second-order valence-corrected chi connectivity index (χ2v) is 6.45. The maximum Gasteiger partial charge on any atom is 0.231 e. The van der Waals surface area contributed by atoms with Crippen molar-refractivity contribution in [3.05, 3.63) is 70.5 Å². The standard InChI is InChI=1S/C19H19ClFNO/c20-16-9-3-1-7-14(16)13-22-18(23)19(11-5-6-12-19)15-8-2-4-10-17(15)21/h1-4,7-10H,5-6,11-13H2,(H,22,23). The van der Waals surface area contributed by atoms with E-state index in [0.29, 0.717) is 30.0 Å². The summed E-state index contributed by atoms with van der Waals surface area (Å²) in [5.74, 6) is -0.415. The third-order valence-electron chi connectivity index (χ3n) is 4.68. The summed E-state index contributed by atoms with van der Waals surface area (Å²) >= 11 is 6.13. The summed E-state index contributed by atoms with van der Waals surface area (Å²) in [7, 11) is 0. The van der Waals surface area contributed by atoms with Crippen LogP contribution in [0.4, 0.5) is 4.39 Å². The van der Waals surface area contributed by atoms with Crippen molar-refractivity contribution in [1.29, 1.82) is 0 Å². The van der Waals surface area contributed by atoms with Crippen LogP contribution in [0.25, 0.3) is 0 Å². The highest BCUT2D eigenvalue weighted by Crippen LogP contribution is 2.42. The van der Waals surface area contributed by atoms with E-state index in [1.165, 1.54) is 6.07 Å². The van der Waals surface area contributed by atoms with Crippen molar-refractivity contribution in [1.82, 2.24) is 5.32 Å². The topological polar surface area (TPSA) is 29.1 Å². The first-order chi connectivity index (χ1) is 11.1. The van der Waals surface area contributed by atoms with Crippen LogP contribution in [0, 0.1) is 5.82 Å². The highest BCUT2D eigenvalue weighted by molar-refractivity contribution is 6.31. The van der Waals surface area contributed by atoms with Crippen molar-refractivity contribution in [2.45, 2.75) is 37.6 Å². The van der Waals surface area contributed by atoms with Crippen molar-refractivity contribution in [2.24, 2.45) is 0 Å². The molecule has 1 N–H and O–H groups in total. The number of carbonyl (C=O) groups is 1. The normalized spacial score (nSPS) is 16.3. The van der Waals surface area contributed by atoms with Crippen molar-refractivity contribution >= 4 is 17.5 Å². The molecule has 2 nitrogen and oxygen atoms in total. The first kappa shape index (κ1) is 16.0. The molecule has 1 aliphatic carbocycles. The van der Waals surface area contributed by atoms with Gasteiger partial charge in [-0.05, 0) is 30.5 Å². The number of halogens is 2. The van der Waals surface area contributed by atoms with Gasteiger partial charge in [0.15, 0.2) is 0 Å². The van der Waals surface area contributed by atoms with Gasteiger partial charge in [-0.3, -0.25) is 4.79 Å². The molecule has 4 heteroatoms. The van der Waals surface area contributed by atoms with E-state index >= 15 is 0 Å². The predicted molar refractivity (Wildman–Crippen MR) is 89.8 cm³/mol. The van der Waals surface area contributed by atoms with Crippen molar-refractivity contribution in [3.63, 3.8) is 0 Å². The average Bonchev–Trinajstić information content (AvgIpc) is 3.05. The minimum atomic E-state index is -0.757. The largest absolute Gasteiger partial charge is 0.351 e. The van der Waals surface area contributed by atoms with Crippen LogP contribution in [0.2, 0.25) is 5.02 Å². The fourth-order valence-electron chi connectivity index (χ4n) is 3.43. The molecule has 2 aromatic rings. The zero-order chi connectivity index (χ0) is 16.3. The Morgan fingerprint density at radius 1 is 1.09 bits per heavy atom. The van der Waals surface area contributed by atoms with Gasteiger partial charge in [0.25, 0.3) is 0 Å². The van der Waals surface area contributed by atoms with E-state index in [2.05, 4.69) is 5.32 Å². The van der Waals surface area contributed by atoms with E-state index in [0.717, 1.165) is 18.4 Å². The van der Waals surface area contributed by atoms with E-state index in [4.69, 9.17) is 11.6 Å². The van der Waals surface area contributed by atoms with Crippen molar-refractivity contribution < 1.29 is 9.18 Å². The summed E-state index contributed by atoms with van der Waals surface area (Å²) in [6.45, 7) is 0.356. The lowest BCUT2D eigenvalue weighted by atomic mass is 9.77. The van der Waals surface area contributed by atoms with Gasteiger partial charge in [0.1, 0.15) is 5.82 Å². The number of hydrogen-bond donors (Lipinski definition) is 1. The van der Waals surface area contributed by atoms with Gasteiger partial charge < -0.3 is 5.32 Å². The molecule has 120 valence electrons. The summed E-state index contributed by atoms with van der Waals surface area (Å²) in [6.07, 6.45) is 3.24. The summed E-state index contributed by atoms with van der Waals surface area (Å²) in [5.41, 5.74) is 0.616. The molecule has 0 saturated heterocycles. The Bertz CT molecular complexity index is 710. The Labute approximate surface area is 140 Å². The van der Waals surface area contributed by atoms with Gasteiger partial charge in [-0.15, -0.1) is 0 Å². The van der Waals surface area contributed by atoms with Gasteiger partial charge >= 0.3 is 0 Å². The third kappa shape index (κ3) is 3.11. The Hall–Kier alpha value is -1.87. The molecule has 0 unspecified atom stereocenters. The minimum Gasteiger partial charge on any atom is -0.351 e. The fourth-order valence-corrected chi connectivity index (χ4v) is 3.64. The number of nitrogens with one attached hydrogen (secondary N) is 1. The minimum absolute atomic E-state index is 0.111. The maximum absolute atomic E-state index is 14.3. The van der Waals surface area contributed by atoms with Gasteiger partial charge in [-0.2, -0.15) is 0 Å². The summed E-state index contributed by atoms with van der Waals surface area (Å²) < 4.78 is 14.3. The molecule has 0 spiro atoms. The Balaban J connectivity index is 1.83. The molecular formula is C19H19ClFNO. The predicted octanol–water partition coefficient (Wildman–Crippen LogP) is 4.61. The average molecular weight is 332 g/mol. The molecule has 3 rings (SSSR count). The van der Waals surface area contributed by atoms with Gasteiger partial charge in [-0.1, -0.05) is 60.8 Å². The number of rotatable bonds is 4. The summed E-state index contributed by atoms with van der Waals surface area (Å²) in [6, 6.07) is 14.0. The lowest BCUT2D eigenvalue weighted by molar-refractivity contribution is -0.126. The molecular weight excluding hydrogens is 313 g/mol. The first-order valence-electron chi connectivity index (χ1n) is 7.90. The number of amides is 1. The van der Waals surface area contributed by atoms with E-state index in [9.17, 15) is 9.18 Å². The Kier molecular flexibility index (Phi) is 4.67. The third-order valence-corrected chi connectivity index (χ3v) is 5.05. The van der Waals surface area contributed by atoms with Gasteiger partial charge in [0.2, 0.25) is 5.91 Å². The molecule has 23 heavy (non-hydrogen) atoms. The smallest absolute Gasteiger partial charge is 0.231 e. The van der Waals surface area contributed by atoms with Gasteiger partial charge in [0, 0.05) is 17.1 Å². The Morgan fingerprint density at radius 3 is 2.43 bits per heavy atom. The van der Waals surface area contributed by atoms with Crippen LogP contribution in [0.15, 0.2) is 48.5 Å². The number of hydrogen-bond acceptors (Lipinski definition) is 1. The van der Waals surface area contributed by atoms with Crippen molar-refractivity contribution in [3.8, 4) is 0 Å². The number of carbonyl (C=O) groups excluding carboxylic acids is 1. The van der Waals surface area contributed by atoms with Crippen molar-refractivity contribution in [2.75, 3.05) is 0 Å². The number of benzene rings is 2. The lowest BCUT2D eigenvalue weighted by Crippen LogP contribution is -2.42. The highest BCUT2D eigenvalue weighted by Gasteiger charge is 2.44. The molecule has 0 atom stereocenters. The summed E-state index contributed by atoms with van der Waals surface area (Å²) in [5, 5.41) is 3.58. The van der Waals surface area contributed by atoms with Gasteiger partial charge in [0.05, 0.1) is 5.41 Å². The quantitative estimate of drug-likeness (QED) is 0.871. The molecule has 1 fully saturated rings. The van der Waals surface area contributed by atoms with Crippen LogP contribution in [0.1, 0.15) is 36.8 Å². The Morgan fingerprint density at radius 2 is 1.74 bits per heavy atom. The van der Waals surface area contributed by atoms with Crippen LogP contribution in [-0.4, -0.2) is 5.91 Å². The molecule has 0 heterocycles. The molecule has 0 aromatic heterocycles. The molecule has 0 bridgehead atoms. The van der Waals surface area contributed by atoms with Gasteiger partial charge in [-0.25, -0.2) is 4.39 Å². The van der Waals surface area contributed by atoms with Crippen LogP contribution in [0.3, 0.4) is 0 Å². The van der Waals surface area contributed by atoms with E-state index < -0.39 is 5.41 Å². The highest BCUT2D eigenvalue weighted by atomic mass is 35.5. The van der Waals surface area contributed by atoms with Crippen LogP contribution in [0.5, 0.6) is 0 Å². The van der Waals surface area contributed by atoms with E-state index in [1.54, 1.807) is 24.3 Å². The SMILES string of the molecule is O=C(NCc1ccccc1Cl)C1(c2ccccc2F)CCCC1. The maximum atomic E-state index is 14.3. The molecule has 1 aliphatic rings. The molecule has 2 aromatic carbocycles. The zero-order valence-corrected chi connectivity index (χ0v) is 13.6. The second-order valence-electron chi connectivity index (χ2n) is 6.04. The fraction of sp³-hybridized carbons (Fsp3) is 0.316. The van der Waals surface area contributed by atoms with E-state index in [1.807, 2.05) is 18.2 Å². The van der Waals surface area contributed by atoms with Crippen LogP contribution >= 0.6 is 11.6 Å². The molecule has 1 saturated carbocycles. The lowest BCUT2D eigenvalue weighted by Gasteiger charge is -2.28. The molecule has 1 amide bonds. The summed E-state index contributed by atoms with van der Waals surface area (Å²) in [4.78, 5) is 12.9. The molecule has 0 aliphatic heterocycles. The second kappa shape index (κ2) is 6.71. The molecule has 0 radical (unpaired) electrons. The monoisotopic (exact) mass is 331 g/mol. The first-order valence-corrected chi connectivity index (χ1v) is 8.28. The zero-order valence-electron chi connectivity index (χ0n) is 12.8. The van der Waals surface area contributed by atoms with Crippen LogP contribution in [-0.2, 0) is 16.8 Å². The van der Waals surface area contributed by atoms with Crippen LogP contribution < -0.4 is 5.32 Å².